The molecule has 4 heteroatoms. The molecule has 2 heterocycles. The zero-order chi connectivity index (χ0) is 9.26. The SMILES string of the molecule is Nc1c[nH]c(C(=O)N2CC=CC2)c1. The molecule has 0 unspecified atom stereocenters. The quantitative estimate of drug-likeness (QED) is 0.617. The van der Waals surface area contributed by atoms with Crippen LogP contribution in [0, 0.1) is 0 Å². The molecule has 68 valence electrons. The maximum absolute atomic E-state index is 11.7. The van der Waals surface area contributed by atoms with Crippen molar-refractivity contribution in [3.63, 3.8) is 0 Å². The number of carbonyl (C=O) groups excluding carboxylic acids is 1. The maximum atomic E-state index is 11.7. The lowest BCUT2D eigenvalue weighted by molar-refractivity contribution is 0.0795. The molecule has 0 saturated heterocycles. The third kappa shape index (κ3) is 1.42. The first-order chi connectivity index (χ1) is 6.27. The zero-order valence-electron chi connectivity index (χ0n) is 7.16. The molecule has 0 saturated carbocycles. The fraction of sp³-hybridized carbons (Fsp3) is 0.222. The van der Waals surface area contributed by atoms with Crippen molar-refractivity contribution in [3.05, 3.63) is 30.1 Å². The lowest BCUT2D eigenvalue weighted by Crippen LogP contribution is -2.28. The number of hydrogen-bond donors (Lipinski definition) is 2. The highest BCUT2D eigenvalue weighted by Crippen LogP contribution is 2.10. The number of nitrogens with zero attached hydrogens (tertiary/aromatic N) is 1. The molecular formula is C9H11N3O. The summed E-state index contributed by atoms with van der Waals surface area (Å²) in [5.41, 5.74) is 6.65. The standard InChI is InChI=1S/C9H11N3O/c10-7-5-8(11-6-7)9(13)12-3-1-2-4-12/h1-2,5-6,11H,3-4,10H2. The largest absolute Gasteiger partial charge is 0.397 e. The number of aromatic amines is 1. The third-order valence-corrected chi connectivity index (χ3v) is 2.04. The van der Waals surface area contributed by atoms with E-state index < -0.39 is 0 Å². The molecule has 4 nitrogen and oxygen atoms in total. The van der Waals surface area contributed by atoms with Crippen LogP contribution in [-0.4, -0.2) is 28.9 Å². The number of aromatic nitrogens is 1. The van der Waals surface area contributed by atoms with Gasteiger partial charge in [0.2, 0.25) is 0 Å². The summed E-state index contributed by atoms with van der Waals surface area (Å²) >= 11 is 0. The van der Waals surface area contributed by atoms with E-state index in [1.807, 2.05) is 12.2 Å². The molecule has 1 aliphatic heterocycles. The van der Waals surface area contributed by atoms with Gasteiger partial charge < -0.3 is 15.6 Å². The van der Waals surface area contributed by atoms with E-state index in [2.05, 4.69) is 4.98 Å². The van der Waals surface area contributed by atoms with Crippen molar-refractivity contribution >= 4 is 11.6 Å². The van der Waals surface area contributed by atoms with Crippen LogP contribution in [0.3, 0.4) is 0 Å². The Hall–Kier alpha value is -1.71. The van der Waals surface area contributed by atoms with Crippen LogP contribution in [0.5, 0.6) is 0 Å². The van der Waals surface area contributed by atoms with Gasteiger partial charge in [0.1, 0.15) is 5.69 Å². The van der Waals surface area contributed by atoms with Gasteiger partial charge in [0, 0.05) is 25.0 Å². The Labute approximate surface area is 76.0 Å². The molecule has 1 aliphatic rings. The minimum atomic E-state index is 0.00157. The number of nitrogens with two attached hydrogens (primary N) is 1. The number of carbonyl (C=O) groups is 1. The lowest BCUT2D eigenvalue weighted by atomic mass is 10.3. The van der Waals surface area contributed by atoms with Crippen LogP contribution in [0.25, 0.3) is 0 Å². The van der Waals surface area contributed by atoms with E-state index >= 15 is 0 Å². The average molecular weight is 177 g/mol. The molecule has 0 aromatic carbocycles. The maximum Gasteiger partial charge on any atom is 0.270 e. The molecule has 0 bridgehead atoms. The van der Waals surface area contributed by atoms with Gasteiger partial charge in [-0.15, -0.1) is 0 Å². The lowest BCUT2D eigenvalue weighted by Gasteiger charge is -2.13. The predicted octanol–water partition coefficient (Wildman–Crippen LogP) is 0.609. The van der Waals surface area contributed by atoms with Crippen LogP contribution in [0.15, 0.2) is 24.4 Å². The summed E-state index contributed by atoms with van der Waals surface area (Å²) in [6, 6.07) is 1.65. The van der Waals surface area contributed by atoms with Gasteiger partial charge in [0.15, 0.2) is 0 Å². The predicted molar refractivity (Wildman–Crippen MR) is 50.2 cm³/mol. The van der Waals surface area contributed by atoms with Crippen molar-refractivity contribution in [1.29, 1.82) is 0 Å². The number of hydrogen-bond acceptors (Lipinski definition) is 2. The summed E-state index contributed by atoms with van der Waals surface area (Å²) in [6.45, 7) is 1.38. The second kappa shape index (κ2) is 2.97. The van der Waals surface area contributed by atoms with E-state index in [9.17, 15) is 4.79 Å². The highest BCUT2D eigenvalue weighted by molar-refractivity contribution is 5.93. The van der Waals surface area contributed by atoms with E-state index in [4.69, 9.17) is 5.73 Å². The first kappa shape index (κ1) is 7.91. The molecule has 0 aliphatic carbocycles. The van der Waals surface area contributed by atoms with Gasteiger partial charge in [-0.3, -0.25) is 4.79 Å². The summed E-state index contributed by atoms with van der Waals surface area (Å²) in [7, 11) is 0. The molecule has 3 N–H and O–H groups in total. The second-order valence-corrected chi connectivity index (χ2v) is 3.03. The van der Waals surface area contributed by atoms with Crippen LogP contribution >= 0.6 is 0 Å². The van der Waals surface area contributed by atoms with Gasteiger partial charge in [-0.05, 0) is 6.07 Å². The number of amides is 1. The molecule has 0 spiro atoms. The van der Waals surface area contributed by atoms with E-state index in [-0.39, 0.29) is 5.91 Å². The van der Waals surface area contributed by atoms with E-state index in [0.29, 0.717) is 24.5 Å². The summed E-state index contributed by atoms with van der Waals surface area (Å²) in [5, 5.41) is 0. The van der Waals surface area contributed by atoms with E-state index in [1.54, 1.807) is 17.2 Å². The van der Waals surface area contributed by atoms with Gasteiger partial charge in [0.05, 0.1) is 0 Å². The average Bonchev–Trinajstić information content (AvgIpc) is 2.72. The van der Waals surface area contributed by atoms with Gasteiger partial charge in [-0.25, -0.2) is 0 Å². The van der Waals surface area contributed by atoms with Crippen LogP contribution in [0.2, 0.25) is 0 Å². The number of H-pyrrole nitrogens is 1. The third-order valence-electron chi connectivity index (χ3n) is 2.04. The van der Waals surface area contributed by atoms with Crippen LogP contribution < -0.4 is 5.73 Å². The van der Waals surface area contributed by atoms with Crippen molar-refractivity contribution < 1.29 is 4.79 Å². The number of nitrogen functional groups attached to an aromatic ring is 1. The summed E-state index contributed by atoms with van der Waals surface area (Å²) in [6.07, 6.45) is 5.57. The Morgan fingerprint density at radius 2 is 2.15 bits per heavy atom. The zero-order valence-corrected chi connectivity index (χ0v) is 7.16. The van der Waals surface area contributed by atoms with Gasteiger partial charge >= 0.3 is 0 Å². The summed E-state index contributed by atoms with van der Waals surface area (Å²) < 4.78 is 0. The monoisotopic (exact) mass is 177 g/mol. The van der Waals surface area contributed by atoms with Crippen molar-refractivity contribution in [2.45, 2.75) is 0 Å². The van der Waals surface area contributed by atoms with Crippen LogP contribution in [0.4, 0.5) is 5.69 Å². The van der Waals surface area contributed by atoms with E-state index in [0.717, 1.165) is 0 Å². The fourth-order valence-electron chi connectivity index (χ4n) is 1.35. The molecule has 0 radical (unpaired) electrons. The van der Waals surface area contributed by atoms with Crippen LogP contribution in [0.1, 0.15) is 10.5 Å². The smallest absolute Gasteiger partial charge is 0.270 e. The van der Waals surface area contributed by atoms with E-state index in [1.165, 1.54) is 0 Å². The van der Waals surface area contributed by atoms with Crippen molar-refractivity contribution in [2.24, 2.45) is 0 Å². The van der Waals surface area contributed by atoms with Gasteiger partial charge in [-0.1, -0.05) is 12.2 Å². The summed E-state index contributed by atoms with van der Waals surface area (Å²) in [5.74, 6) is 0.00157. The molecule has 1 amide bonds. The Bertz CT molecular complexity index is 345. The second-order valence-electron chi connectivity index (χ2n) is 3.03. The first-order valence-corrected chi connectivity index (χ1v) is 4.15. The van der Waals surface area contributed by atoms with Crippen LogP contribution in [-0.2, 0) is 0 Å². The topological polar surface area (TPSA) is 62.1 Å². The Morgan fingerprint density at radius 3 is 2.69 bits per heavy atom. The molecule has 0 atom stereocenters. The molecule has 2 rings (SSSR count). The highest BCUT2D eigenvalue weighted by Gasteiger charge is 2.17. The Morgan fingerprint density at radius 1 is 1.46 bits per heavy atom. The normalized spacial score (nSPS) is 15.2. The number of anilines is 1. The first-order valence-electron chi connectivity index (χ1n) is 4.15. The van der Waals surface area contributed by atoms with Gasteiger partial charge in [0.25, 0.3) is 5.91 Å². The molecular weight excluding hydrogens is 166 g/mol. The summed E-state index contributed by atoms with van der Waals surface area (Å²) in [4.78, 5) is 16.2. The van der Waals surface area contributed by atoms with Gasteiger partial charge in [-0.2, -0.15) is 0 Å². The minimum Gasteiger partial charge on any atom is -0.397 e. The molecule has 1 aromatic heterocycles. The van der Waals surface area contributed by atoms with Crippen molar-refractivity contribution in [3.8, 4) is 0 Å². The highest BCUT2D eigenvalue weighted by atomic mass is 16.2. The Balaban J connectivity index is 2.13. The number of rotatable bonds is 1. The molecule has 13 heavy (non-hydrogen) atoms. The Kier molecular flexibility index (Phi) is 1.81. The van der Waals surface area contributed by atoms with Crippen molar-refractivity contribution in [1.82, 2.24) is 9.88 Å². The molecule has 0 fully saturated rings. The fourth-order valence-corrected chi connectivity index (χ4v) is 1.35. The molecule has 1 aromatic rings. The number of nitrogens with one attached hydrogen (secondary N) is 1. The minimum absolute atomic E-state index is 0.00157. The van der Waals surface area contributed by atoms with Crippen molar-refractivity contribution in [2.75, 3.05) is 18.8 Å².